The van der Waals surface area contributed by atoms with Crippen LogP contribution >= 0.6 is 49.9 Å². The van der Waals surface area contributed by atoms with Crippen molar-refractivity contribution in [3.8, 4) is 10.7 Å². The molecule has 6 heteroatoms. The molecule has 0 saturated carbocycles. The minimum absolute atomic E-state index is 0.564. The van der Waals surface area contributed by atoms with Crippen LogP contribution in [0.2, 0.25) is 0 Å². The molecule has 2 aromatic heterocycles. The van der Waals surface area contributed by atoms with E-state index < -0.39 is 0 Å². The second kappa shape index (κ2) is 5.19. The predicted octanol–water partition coefficient (Wildman–Crippen LogP) is 4.03. The zero-order valence-corrected chi connectivity index (χ0v) is 14.0. The van der Waals surface area contributed by atoms with Gasteiger partial charge in [0.25, 0.3) is 0 Å². The van der Waals surface area contributed by atoms with Gasteiger partial charge in [0.15, 0.2) is 5.82 Å². The molecule has 0 fully saturated rings. The summed E-state index contributed by atoms with van der Waals surface area (Å²) in [5.41, 5.74) is 6.92. The van der Waals surface area contributed by atoms with Gasteiger partial charge in [0, 0.05) is 9.35 Å². The molecule has 0 atom stereocenters. The lowest BCUT2D eigenvalue weighted by atomic mass is 10.3. The summed E-state index contributed by atoms with van der Waals surface area (Å²) in [5, 5.41) is 0. The van der Waals surface area contributed by atoms with Gasteiger partial charge in [-0.05, 0) is 57.9 Å². The zero-order valence-electron chi connectivity index (χ0n) is 9.42. The van der Waals surface area contributed by atoms with Gasteiger partial charge in [0.1, 0.15) is 5.82 Å². The highest BCUT2D eigenvalue weighted by atomic mass is 127. The Balaban J connectivity index is 2.56. The van der Waals surface area contributed by atoms with Crippen molar-refractivity contribution < 1.29 is 0 Å². The minimum atomic E-state index is 0.564. The van der Waals surface area contributed by atoms with Crippen molar-refractivity contribution in [3.63, 3.8) is 0 Å². The highest BCUT2D eigenvalue weighted by Crippen LogP contribution is 2.33. The van der Waals surface area contributed by atoms with Gasteiger partial charge in [0.05, 0.1) is 14.1 Å². The van der Waals surface area contributed by atoms with Crippen molar-refractivity contribution in [2.24, 2.45) is 0 Å². The molecular weight excluding hydrogens is 413 g/mol. The molecule has 2 heterocycles. The van der Waals surface area contributed by atoms with E-state index in [9.17, 15) is 0 Å². The Kier molecular flexibility index (Phi) is 4.04. The normalized spacial score (nSPS) is 10.8. The monoisotopic (exact) mass is 423 g/mol. The van der Waals surface area contributed by atoms with Gasteiger partial charge >= 0.3 is 0 Å². The van der Waals surface area contributed by atoms with Crippen LogP contribution in [0, 0.1) is 10.5 Å². The van der Waals surface area contributed by atoms with Crippen molar-refractivity contribution in [1.29, 1.82) is 0 Å². The fourth-order valence-corrected chi connectivity index (χ4v) is 3.52. The molecular formula is C11H11BrIN3S. The summed E-state index contributed by atoms with van der Waals surface area (Å²) in [4.78, 5) is 11.2. The Bertz CT molecular complexity index is 549. The lowest BCUT2D eigenvalue weighted by Gasteiger charge is -2.05. The van der Waals surface area contributed by atoms with Crippen LogP contribution in [0.5, 0.6) is 0 Å². The van der Waals surface area contributed by atoms with E-state index in [1.807, 2.05) is 6.07 Å². The van der Waals surface area contributed by atoms with Crippen LogP contribution in [0.1, 0.15) is 17.5 Å². The minimum Gasteiger partial charge on any atom is -0.383 e. The van der Waals surface area contributed by atoms with Crippen LogP contribution < -0.4 is 5.73 Å². The molecule has 0 unspecified atom stereocenters. The van der Waals surface area contributed by atoms with Crippen LogP contribution in [0.25, 0.3) is 10.7 Å². The number of hydrogen-bond acceptors (Lipinski definition) is 4. The summed E-state index contributed by atoms with van der Waals surface area (Å²) in [6.45, 7) is 4.14. The first-order valence-corrected chi connectivity index (χ1v) is 7.80. The van der Waals surface area contributed by atoms with Crippen LogP contribution in [-0.2, 0) is 6.42 Å². The molecule has 2 aromatic rings. The van der Waals surface area contributed by atoms with E-state index in [-0.39, 0.29) is 0 Å². The second-order valence-electron chi connectivity index (χ2n) is 3.56. The Labute approximate surface area is 126 Å². The van der Waals surface area contributed by atoms with Crippen molar-refractivity contribution in [1.82, 2.24) is 9.97 Å². The van der Waals surface area contributed by atoms with E-state index >= 15 is 0 Å². The number of nitrogens with zero attached hydrogens (tertiary/aromatic N) is 2. The highest BCUT2D eigenvalue weighted by molar-refractivity contribution is 14.1. The summed E-state index contributed by atoms with van der Waals surface area (Å²) in [6, 6.07) is 2.04. The van der Waals surface area contributed by atoms with Crippen molar-refractivity contribution in [2.45, 2.75) is 20.3 Å². The fourth-order valence-electron chi connectivity index (χ4n) is 1.43. The van der Waals surface area contributed by atoms with Gasteiger partial charge in [-0.2, -0.15) is 0 Å². The van der Waals surface area contributed by atoms with Gasteiger partial charge in [-0.3, -0.25) is 0 Å². The summed E-state index contributed by atoms with van der Waals surface area (Å²) >= 11 is 7.37. The van der Waals surface area contributed by atoms with Gasteiger partial charge in [0.2, 0.25) is 0 Å². The van der Waals surface area contributed by atoms with E-state index in [1.165, 1.54) is 4.88 Å². The number of anilines is 1. The van der Waals surface area contributed by atoms with E-state index in [0.29, 0.717) is 5.82 Å². The van der Waals surface area contributed by atoms with Crippen molar-refractivity contribution >= 4 is 55.7 Å². The molecule has 2 rings (SSSR count). The van der Waals surface area contributed by atoms with Crippen LogP contribution in [0.15, 0.2) is 10.5 Å². The SMILES string of the molecule is CCc1nc(-c2cc(Br)c(C)s2)nc(N)c1I. The maximum atomic E-state index is 5.91. The molecule has 0 aliphatic heterocycles. The van der Waals surface area contributed by atoms with Crippen molar-refractivity contribution in [3.05, 3.63) is 24.7 Å². The van der Waals surface area contributed by atoms with E-state index in [0.717, 1.165) is 30.9 Å². The Hall–Kier alpha value is -0.210. The standard InChI is InChI=1S/C11H11BrIN3S/c1-3-7-9(13)10(14)16-11(15-7)8-4-6(12)5(2)17-8/h4H,3H2,1-2H3,(H2,14,15,16). The van der Waals surface area contributed by atoms with E-state index in [1.54, 1.807) is 11.3 Å². The summed E-state index contributed by atoms with van der Waals surface area (Å²) < 4.78 is 2.05. The fraction of sp³-hybridized carbons (Fsp3) is 0.273. The maximum absolute atomic E-state index is 5.91. The lowest BCUT2D eigenvalue weighted by Crippen LogP contribution is -2.03. The molecule has 3 nitrogen and oxygen atoms in total. The smallest absolute Gasteiger partial charge is 0.171 e. The van der Waals surface area contributed by atoms with Crippen molar-refractivity contribution in [2.75, 3.05) is 5.73 Å². The quantitative estimate of drug-likeness (QED) is 0.742. The Morgan fingerprint density at radius 2 is 2.18 bits per heavy atom. The molecule has 90 valence electrons. The number of aryl methyl sites for hydroxylation is 2. The maximum Gasteiger partial charge on any atom is 0.171 e. The first-order valence-electron chi connectivity index (χ1n) is 5.11. The molecule has 17 heavy (non-hydrogen) atoms. The molecule has 0 radical (unpaired) electrons. The molecule has 0 spiro atoms. The van der Waals surface area contributed by atoms with Gasteiger partial charge in [-0.15, -0.1) is 11.3 Å². The third-order valence-electron chi connectivity index (χ3n) is 2.36. The summed E-state index contributed by atoms with van der Waals surface area (Å²) in [5.74, 6) is 1.29. The summed E-state index contributed by atoms with van der Waals surface area (Å²) in [7, 11) is 0. The Morgan fingerprint density at radius 3 is 2.71 bits per heavy atom. The average Bonchev–Trinajstić information content (AvgIpc) is 2.63. The lowest BCUT2D eigenvalue weighted by molar-refractivity contribution is 0.996. The predicted molar refractivity (Wildman–Crippen MR) is 84.3 cm³/mol. The van der Waals surface area contributed by atoms with E-state index in [2.05, 4.69) is 62.3 Å². The molecule has 0 aromatic carbocycles. The molecule has 0 saturated heterocycles. The number of rotatable bonds is 2. The second-order valence-corrected chi connectivity index (χ2v) is 6.75. The number of hydrogen-bond donors (Lipinski definition) is 1. The molecule has 0 amide bonds. The molecule has 0 bridgehead atoms. The number of nitrogens with two attached hydrogens (primary N) is 1. The molecule has 0 aliphatic carbocycles. The number of nitrogen functional groups attached to an aromatic ring is 1. The average molecular weight is 424 g/mol. The van der Waals surface area contributed by atoms with Crippen LogP contribution in [0.4, 0.5) is 5.82 Å². The third kappa shape index (κ3) is 2.63. The summed E-state index contributed by atoms with van der Waals surface area (Å²) in [6.07, 6.45) is 0.865. The van der Waals surface area contributed by atoms with Gasteiger partial charge in [-0.25, -0.2) is 9.97 Å². The molecule has 0 aliphatic rings. The number of aromatic nitrogens is 2. The van der Waals surface area contributed by atoms with Gasteiger partial charge in [-0.1, -0.05) is 6.92 Å². The largest absolute Gasteiger partial charge is 0.383 e. The zero-order chi connectivity index (χ0) is 12.6. The van der Waals surface area contributed by atoms with Crippen LogP contribution in [0.3, 0.4) is 0 Å². The number of thiophene rings is 1. The first kappa shape index (κ1) is 13.2. The van der Waals surface area contributed by atoms with Crippen LogP contribution in [-0.4, -0.2) is 9.97 Å². The first-order chi connectivity index (χ1) is 8.02. The van der Waals surface area contributed by atoms with Gasteiger partial charge < -0.3 is 5.73 Å². The topological polar surface area (TPSA) is 51.8 Å². The highest BCUT2D eigenvalue weighted by Gasteiger charge is 2.12. The molecule has 2 N–H and O–H groups in total. The Morgan fingerprint density at radius 1 is 1.47 bits per heavy atom. The third-order valence-corrected chi connectivity index (χ3v) is 5.67. The number of halogens is 2. The van der Waals surface area contributed by atoms with E-state index in [4.69, 9.17) is 5.73 Å².